The van der Waals surface area contributed by atoms with E-state index in [1.165, 1.54) is 12.3 Å². The summed E-state index contributed by atoms with van der Waals surface area (Å²) in [5.74, 6) is -0.701. The highest BCUT2D eigenvalue weighted by Crippen LogP contribution is 2.09. The fourth-order valence-corrected chi connectivity index (χ4v) is 0.616. The maximum Gasteiger partial charge on any atom is 0.186 e. The largest absolute Gasteiger partial charge is 0.290 e. The van der Waals surface area contributed by atoms with E-state index < -0.39 is 5.82 Å². The number of pyridine rings is 1. The minimum absolute atomic E-state index is 0.148. The van der Waals surface area contributed by atoms with Gasteiger partial charge in [-0.3, -0.25) is 5.21 Å². The zero-order valence-corrected chi connectivity index (χ0v) is 5.43. The monoisotopic (exact) mass is 142 g/mol. The summed E-state index contributed by atoms with van der Waals surface area (Å²) in [6.07, 6.45) is 1.46. The van der Waals surface area contributed by atoms with Crippen molar-refractivity contribution in [1.29, 1.82) is 0 Å². The summed E-state index contributed by atoms with van der Waals surface area (Å²) in [5, 5.41) is 8.26. The molecule has 0 amide bonds. The maximum absolute atomic E-state index is 12.6. The molecule has 10 heavy (non-hydrogen) atoms. The topological polar surface area (TPSA) is 45.2 Å². The Morgan fingerprint density at radius 2 is 2.40 bits per heavy atom. The second-order valence-electron chi connectivity index (χ2n) is 1.95. The van der Waals surface area contributed by atoms with Gasteiger partial charge in [0.2, 0.25) is 0 Å². The van der Waals surface area contributed by atoms with E-state index in [9.17, 15) is 4.39 Å². The summed E-state index contributed by atoms with van der Waals surface area (Å²) in [4.78, 5) is 3.56. The lowest BCUT2D eigenvalue weighted by Crippen LogP contribution is -1.96. The Morgan fingerprint density at radius 1 is 1.70 bits per heavy atom. The van der Waals surface area contributed by atoms with Crippen LogP contribution >= 0.6 is 0 Å². The second kappa shape index (κ2) is 2.62. The van der Waals surface area contributed by atoms with Gasteiger partial charge < -0.3 is 0 Å². The molecule has 0 aliphatic carbocycles. The van der Waals surface area contributed by atoms with Gasteiger partial charge >= 0.3 is 0 Å². The average molecular weight is 142 g/mol. The van der Waals surface area contributed by atoms with E-state index in [0.717, 1.165) is 5.56 Å². The third-order valence-corrected chi connectivity index (χ3v) is 1.08. The fraction of sp³-hybridized carbons (Fsp3) is 0.167. The highest BCUT2D eigenvalue weighted by atomic mass is 19.1. The van der Waals surface area contributed by atoms with E-state index in [2.05, 4.69) is 4.98 Å². The van der Waals surface area contributed by atoms with Gasteiger partial charge in [-0.2, -0.15) is 0 Å². The molecule has 54 valence electrons. The molecule has 0 spiro atoms. The Morgan fingerprint density at radius 3 is 2.90 bits per heavy atom. The highest BCUT2D eigenvalue weighted by molar-refractivity contribution is 5.34. The summed E-state index contributed by atoms with van der Waals surface area (Å²) in [5.41, 5.74) is 2.36. The van der Waals surface area contributed by atoms with Crippen molar-refractivity contribution >= 4 is 5.82 Å². The molecule has 0 unspecified atom stereocenters. The molecule has 1 aromatic heterocycles. The number of aryl methyl sites for hydroxylation is 1. The van der Waals surface area contributed by atoms with E-state index in [0.29, 0.717) is 0 Å². The quantitative estimate of drug-likeness (QED) is 0.581. The van der Waals surface area contributed by atoms with E-state index in [1.807, 2.05) is 0 Å². The van der Waals surface area contributed by atoms with Gasteiger partial charge in [-0.15, -0.1) is 0 Å². The normalized spacial score (nSPS) is 9.50. The number of rotatable bonds is 1. The van der Waals surface area contributed by atoms with E-state index in [-0.39, 0.29) is 5.82 Å². The van der Waals surface area contributed by atoms with Crippen LogP contribution in [0.15, 0.2) is 12.3 Å². The molecule has 4 heteroatoms. The van der Waals surface area contributed by atoms with E-state index >= 15 is 0 Å². The zero-order chi connectivity index (χ0) is 7.56. The van der Waals surface area contributed by atoms with Crippen molar-refractivity contribution in [3.63, 3.8) is 0 Å². The van der Waals surface area contributed by atoms with Crippen LogP contribution in [-0.4, -0.2) is 10.2 Å². The van der Waals surface area contributed by atoms with Crippen LogP contribution in [0.1, 0.15) is 5.56 Å². The molecule has 0 saturated carbocycles. The number of anilines is 1. The standard InChI is InChI=1S/C6H7FN2O/c1-4-2-5(7)6(9-10)8-3-4/h2-3,10H,1H3,(H,8,9). The van der Waals surface area contributed by atoms with Crippen molar-refractivity contribution in [3.8, 4) is 0 Å². The highest BCUT2D eigenvalue weighted by Gasteiger charge is 1.99. The van der Waals surface area contributed by atoms with Crippen LogP contribution < -0.4 is 5.48 Å². The third-order valence-electron chi connectivity index (χ3n) is 1.08. The molecule has 1 heterocycles. The van der Waals surface area contributed by atoms with Gasteiger partial charge in [-0.05, 0) is 18.6 Å². The van der Waals surface area contributed by atoms with Crippen LogP contribution in [0.25, 0.3) is 0 Å². The second-order valence-corrected chi connectivity index (χ2v) is 1.95. The Bertz CT molecular complexity index is 239. The van der Waals surface area contributed by atoms with Crippen LogP contribution in [0, 0.1) is 12.7 Å². The van der Waals surface area contributed by atoms with Crippen LogP contribution in [0.2, 0.25) is 0 Å². The predicted molar refractivity (Wildman–Crippen MR) is 34.3 cm³/mol. The number of hydrogen-bond donors (Lipinski definition) is 2. The number of nitrogens with one attached hydrogen (secondary N) is 1. The van der Waals surface area contributed by atoms with Gasteiger partial charge in [0.15, 0.2) is 11.6 Å². The molecule has 2 N–H and O–H groups in total. The van der Waals surface area contributed by atoms with Crippen LogP contribution in [0.3, 0.4) is 0 Å². The molecule has 0 atom stereocenters. The van der Waals surface area contributed by atoms with Crippen LogP contribution in [0.5, 0.6) is 0 Å². The Labute approximate surface area is 57.5 Å². The summed E-state index contributed by atoms with van der Waals surface area (Å²) in [6.45, 7) is 1.72. The lowest BCUT2D eigenvalue weighted by Gasteiger charge is -1.98. The van der Waals surface area contributed by atoms with Gasteiger partial charge in [0.25, 0.3) is 0 Å². The van der Waals surface area contributed by atoms with Crippen molar-refractivity contribution in [1.82, 2.24) is 4.98 Å². The fourth-order valence-electron chi connectivity index (χ4n) is 0.616. The van der Waals surface area contributed by atoms with E-state index in [1.54, 1.807) is 12.4 Å². The van der Waals surface area contributed by atoms with Crippen LogP contribution in [-0.2, 0) is 0 Å². The van der Waals surface area contributed by atoms with Crippen molar-refractivity contribution in [3.05, 3.63) is 23.6 Å². The first kappa shape index (κ1) is 6.95. The molecule has 0 aromatic carbocycles. The molecule has 0 fully saturated rings. The van der Waals surface area contributed by atoms with Gasteiger partial charge in [0.1, 0.15) is 0 Å². The van der Waals surface area contributed by atoms with Crippen molar-refractivity contribution in [2.45, 2.75) is 6.92 Å². The Hall–Kier alpha value is -1.16. The Kier molecular flexibility index (Phi) is 1.82. The van der Waals surface area contributed by atoms with Gasteiger partial charge in [-0.25, -0.2) is 14.9 Å². The number of halogens is 1. The molecular weight excluding hydrogens is 135 g/mol. The van der Waals surface area contributed by atoms with Crippen molar-refractivity contribution < 1.29 is 9.60 Å². The van der Waals surface area contributed by atoms with Crippen molar-refractivity contribution in [2.24, 2.45) is 0 Å². The number of nitrogens with zero attached hydrogens (tertiary/aromatic N) is 1. The smallest absolute Gasteiger partial charge is 0.186 e. The lowest BCUT2D eigenvalue weighted by atomic mass is 10.3. The minimum atomic E-state index is -0.553. The first-order chi connectivity index (χ1) is 4.74. The summed E-state index contributed by atoms with van der Waals surface area (Å²) in [7, 11) is 0. The van der Waals surface area contributed by atoms with Gasteiger partial charge in [0.05, 0.1) is 0 Å². The molecule has 1 rings (SSSR count). The van der Waals surface area contributed by atoms with Gasteiger partial charge in [0, 0.05) is 6.20 Å². The molecule has 1 aromatic rings. The SMILES string of the molecule is Cc1cnc(NO)c(F)c1. The zero-order valence-electron chi connectivity index (χ0n) is 5.43. The molecule has 0 saturated heterocycles. The molecule has 0 aliphatic rings. The Balaban J connectivity index is 3.07. The molecule has 0 bridgehead atoms. The molecular formula is C6H7FN2O. The van der Waals surface area contributed by atoms with Gasteiger partial charge in [-0.1, -0.05) is 0 Å². The molecule has 0 radical (unpaired) electrons. The number of aromatic nitrogens is 1. The lowest BCUT2D eigenvalue weighted by molar-refractivity contribution is 0.380. The summed E-state index contributed by atoms with van der Waals surface area (Å²) < 4.78 is 12.6. The first-order valence-electron chi connectivity index (χ1n) is 2.76. The maximum atomic E-state index is 12.6. The van der Waals surface area contributed by atoms with E-state index in [4.69, 9.17) is 5.21 Å². The summed E-state index contributed by atoms with van der Waals surface area (Å²) in [6, 6.07) is 1.28. The third kappa shape index (κ3) is 1.22. The summed E-state index contributed by atoms with van der Waals surface area (Å²) >= 11 is 0. The molecule has 3 nitrogen and oxygen atoms in total. The molecule has 0 aliphatic heterocycles. The predicted octanol–water partition coefficient (Wildman–Crippen LogP) is 1.33. The van der Waals surface area contributed by atoms with Crippen LogP contribution in [0.4, 0.5) is 10.2 Å². The number of hydrogen-bond acceptors (Lipinski definition) is 3. The first-order valence-corrected chi connectivity index (χ1v) is 2.76. The van der Waals surface area contributed by atoms with Crippen molar-refractivity contribution in [2.75, 3.05) is 5.48 Å². The minimum Gasteiger partial charge on any atom is -0.290 e. The average Bonchev–Trinajstić information content (AvgIpc) is 1.88.